The van der Waals surface area contributed by atoms with Crippen LogP contribution in [0.15, 0.2) is 0 Å². The van der Waals surface area contributed by atoms with Crippen LogP contribution >= 0.6 is 11.8 Å². The van der Waals surface area contributed by atoms with Gasteiger partial charge >= 0.3 is 5.97 Å². The summed E-state index contributed by atoms with van der Waals surface area (Å²) in [6, 6.07) is 0. The maximum absolute atomic E-state index is 12.6. The van der Waals surface area contributed by atoms with E-state index in [9.17, 15) is 9.59 Å². The molecule has 116 valence electrons. The van der Waals surface area contributed by atoms with Gasteiger partial charge in [-0.3, -0.25) is 4.79 Å². The summed E-state index contributed by atoms with van der Waals surface area (Å²) in [5, 5.41) is 0.510. The molecule has 1 aliphatic rings. The van der Waals surface area contributed by atoms with Gasteiger partial charge in [-0.1, -0.05) is 12.8 Å². The van der Waals surface area contributed by atoms with Crippen LogP contribution in [-0.4, -0.2) is 34.3 Å². The maximum atomic E-state index is 12.6. The number of aryl methyl sites for hydroxylation is 1. The van der Waals surface area contributed by atoms with Crippen molar-refractivity contribution in [2.45, 2.75) is 57.0 Å². The predicted molar refractivity (Wildman–Crippen MR) is 85.2 cm³/mol. The number of aromatic amines is 1. The van der Waals surface area contributed by atoms with E-state index in [1.807, 2.05) is 6.92 Å². The largest absolute Gasteiger partial charge is 0.465 e. The summed E-state index contributed by atoms with van der Waals surface area (Å²) >= 11 is 1.76. The monoisotopic (exact) mass is 309 g/mol. The minimum atomic E-state index is -0.392. The number of esters is 1. The van der Waals surface area contributed by atoms with Crippen molar-refractivity contribution in [1.82, 2.24) is 4.98 Å². The highest BCUT2D eigenvalue weighted by atomic mass is 32.2. The van der Waals surface area contributed by atoms with E-state index in [-0.39, 0.29) is 11.0 Å². The quantitative estimate of drug-likeness (QED) is 0.666. The SMILES string of the molecule is COC(=O)c1c(C)[nH]c(C(=O)[C@H](C)SC2CCCC2)c1C. The first-order chi connectivity index (χ1) is 9.95. The Kier molecular flexibility index (Phi) is 5.14. The topological polar surface area (TPSA) is 59.2 Å². The Morgan fingerprint density at radius 2 is 1.90 bits per heavy atom. The number of nitrogens with one attached hydrogen (secondary N) is 1. The molecule has 1 saturated carbocycles. The standard InChI is InChI=1S/C16H23NO3S/c1-9-13(16(19)20-4)10(2)17-14(9)15(18)11(3)21-12-7-5-6-8-12/h11-12,17H,5-8H2,1-4H3/t11-/m0/s1. The summed E-state index contributed by atoms with van der Waals surface area (Å²) in [5.74, 6) is -0.320. The van der Waals surface area contributed by atoms with Crippen LogP contribution in [0.25, 0.3) is 0 Å². The molecule has 1 aliphatic carbocycles. The van der Waals surface area contributed by atoms with Gasteiger partial charge in [0.2, 0.25) is 0 Å². The van der Waals surface area contributed by atoms with Crippen LogP contribution in [-0.2, 0) is 4.74 Å². The van der Waals surface area contributed by atoms with Gasteiger partial charge in [-0.25, -0.2) is 4.79 Å². The van der Waals surface area contributed by atoms with E-state index in [1.54, 1.807) is 25.6 Å². The first-order valence-electron chi connectivity index (χ1n) is 7.42. The number of hydrogen-bond donors (Lipinski definition) is 1. The number of rotatable bonds is 5. The molecule has 0 spiro atoms. The fourth-order valence-electron chi connectivity index (χ4n) is 2.98. The van der Waals surface area contributed by atoms with E-state index in [1.165, 1.54) is 32.8 Å². The fraction of sp³-hybridized carbons (Fsp3) is 0.625. The number of hydrogen-bond acceptors (Lipinski definition) is 4. The number of methoxy groups -OCH3 is 1. The predicted octanol–water partition coefficient (Wildman–Crippen LogP) is 3.67. The van der Waals surface area contributed by atoms with E-state index in [0.29, 0.717) is 27.8 Å². The highest BCUT2D eigenvalue weighted by Gasteiger charge is 2.28. The van der Waals surface area contributed by atoms with Crippen molar-refractivity contribution in [2.75, 3.05) is 7.11 Å². The molecule has 0 unspecified atom stereocenters. The highest BCUT2D eigenvalue weighted by molar-refractivity contribution is 8.01. The van der Waals surface area contributed by atoms with Crippen molar-refractivity contribution >= 4 is 23.5 Å². The van der Waals surface area contributed by atoms with Gasteiger partial charge in [-0.05, 0) is 39.2 Å². The average Bonchev–Trinajstić information content (AvgIpc) is 3.05. The van der Waals surface area contributed by atoms with E-state index >= 15 is 0 Å². The summed E-state index contributed by atoms with van der Waals surface area (Å²) < 4.78 is 4.78. The van der Waals surface area contributed by atoms with Crippen molar-refractivity contribution < 1.29 is 14.3 Å². The lowest BCUT2D eigenvalue weighted by molar-refractivity contribution is 0.0599. The number of carbonyl (C=O) groups is 2. The molecule has 1 atom stereocenters. The molecule has 1 aromatic rings. The Bertz CT molecular complexity index is 544. The molecule has 5 heteroatoms. The molecule has 0 aromatic carbocycles. The number of ketones is 1. The van der Waals surface area contributed by atoms with Gasteiger partial charge in [-0.15, -0.1) is 11.8 Å². The lowest BCUT2D eigenvalue weighted by atomic mass is 10.1. The Morgan fingerprint density at radius 3 is 2.48 bits per heavy atom. The van der Waals surface area contributed by atoms with Crippen LogP contribution < -0.4 is 0 Å². The van der Waals surface area contributed by atoms with Gasteiger partial charge in [0.05, 0.1) is 23.6 Å². The second-order valence-corrected chi connectivity index (χ2v) is 7.31. The molecule has 1 aromatic heterocycles. The summed E-state index contributed by atoms with van der Waals surface area (Å²) in [7, 11) is 1.36. The van der Waals surface area contributed by atoms with E-state index < -0.39 is 5.97 Å². The Labute approximate surface area is 130 Å². The zero-order valence-electron chi connectivity index (χ0n) is 13.1. The van der Waals surface area contributed by atoms with Crippen LogP contribution in [0.5, 0.6) is 0 Å². The third-order valence-electron chi connectivity index (χ3n) is 4.14. The molecule has 4 nitrogen and oxygen atoms in total. The Morgan fingerprint density at radius 1 is 1.29 bits per heavy atom. The average molecular weight is 309 g/mol. The van der Waals surface area contributed by atoms with E-state index in [0.717, 1.165) is 0 Å². The summed E-state index contributed by atoms with van der Waals surface area (Å²) in [6.45, 7) is 5.56. The molecular weight excluding hydrogens is 286 g/mol. The van der Waals surface area contributed by atoms with Crippen molar-refractivity contribution in [2.24, 2.45) is 0 Å². The normalized spacial score (nSPS) is 17.0. The van der Waals surface area contributed by atoms with E-state index in [2.05, 4.69) is 4.98 Å². The molecule has 1 heterocycles. The second kappa shape index (κ2) is 6.69. The van der Waals surface area contributed by atoms with Crippen LogP contribution in [0.2, 0.25) is 0 Å². The summed E-state index contributed by atoms with van der Waals surface area (Å²) in [4.78, 5) is 27.5. The molecule has 0 aliphatic heterocycles. The zero-order valence-corrected chi connectivity index (χ0v) is 13.9. The molecule has 1 N–H and O–H groups in total. The number of carbonyl (C=O) groups excluding carboxylic acids is 2. The molecule has 1 fully saturated rings. The zero-order chi connectivity index (χ0) is 15.6. The molecule has 0 bridgehead atoms. The van der Waals surface area contributed by atoms with Gasteiger partial charge in [0.15, 0.2) is 5.78 Å². The second-order valence-electron chi connectivity index (χ2n) is 5.67. The summed E-state index contributed by atoms with van der Waals surface area (Å²) in [5.41, 5.74) is 2.42. The number of H-pyrrole nitrogens is 1. The van der Waals surface area contributed by atoms with Crippen molar-refractivity contribution in [3.63, 3.8) is 0 Å². The van der Waals surface area contributed by atoms with Crippen LogP contribution in [0, 0.1) is 13.8 Å². The molecule has 21 heavy (non-hydrogen) atoms. The van der Waals surface area contributed by atoms with Crippen molar-refractivity contribution in [1.29, 1.82) is 0 Å². The number of aromatic nitrogens is 1. The maximum Gasteiger partial charge on any atom is 0.339 e. The lowest BCUT2D eigenvalue weighted by Crippen LogP contribution is -2.18. The lowest BCUT2D eigenvalue weighted by Gasteiger charge is -2.15. The van der Waals surface area contributed by atoms with Gasteiger partial charge in [-0.2, -0.15) is 0 Å². The molecule has 0 saturated heterocycles. The molecule has 0 radical (unpaired) electrons. The van der Waals surface area contributed by atoms with Gasteiger partial charge in [0, 0.05) is 10.9 Å². The number of ether oxygens (including phenoxy) is 1. The molecule has 2 rings (SSSR count). The van der Waals surface area contributed by atoms with Crippen molar-refractivity contribution in [3.05, 3.63) is 22.5 Å². The number of Topliss-reactive ketones (excluding diaryl/α,β-unsaturated/α-hetero) is 1. The third kappa shape index (κ3) is 3.34. The minimum Gasteiger partial charge on any atom is -0.465 e. The third-order valence-corrected chi connectivity index (χ3v) is 5.62. The molecular formula is C16H23NO3S. The summed E-state index contributed by atoms with van der Waals surface area (Å²) in [6.07, 6.45) is 4.95. The first kappa shape index (κ1) is 16.1. The van der Waals surface area contributed by atoms with E-state index in [4.69, 9.17) is 4.74 Å². The van der Waals surface area contributed by atoms with Gasteiger partial charge in [0.1, 0.15) is 0 Å². The first-order valence-corrected chi connectivity index (χ1v) is 8.37. The van der Waals surface area contributed by atoms with Gasteiger partial charge in [0.25, 0.3) is 0 Å². The Balaban J connectivity index is 2.17. The minimum absolute atomic E-state index is 0.0719. The van der Waals surface area contributed by atoms with Crippen molar-refractivity contribution in [3.8, 4) is 0 Å². The molecule has 0 amide bonds. The fourth-order valence-corrected chi connectivity index (χ4v) is 4.41. The number of thioether (sulfide) groups is 1. The van der Waals surface area contributed by atoms with Crippen LogP contribution in [0.1, 0.15) is 64.7 Å². The van der Waals surface area contributed by atoms with Gasteiger partial charge < -0.3 is 9.72 Å². The smallest absolute Gasteiger partial charge is 0.339 e. The van der Waals surface area contributed by atoms with Crippen LogP contribution in [0.4, 0.5) is 0 Å². The highest BCUT2D eigenvalue weighted by Crippen LogP contribution is 2.33. The van der Waals surface area contributed by atoms with Crippen LogP contribution in [0.3, 0.4) is 0 Å². The Hall–Kier alpha value is -1.23.